The first-order chi connectivity index (χ1) is 11.6. The molecular formula is C16H18ClN5O2. The van der Waals surface area contributed by atoms with Crippen molar-refractivity contribution in [1.29, 1.82) is 0 Å². The quantitative estimate of drug-likeness (QED) is 0.873. The molecule has 1 saturated heterocycles. The SMILES string of the molecule is CNC(=O)[C@H]1CCCN1C(=O)CNc1ncnc2cc(Cl)ccc12. The third kappa shape index (κ3) is 3.26. The van der Waals surface area contributed by atoms with Gasteiger partial charge in [0.1, 0.15) is 18.2 Å². The zero-order chi connectivity index (χ0) is 17.1. The Kier molecular flexibility index (Phi) is 4.80. The summed E-state index contributed by atoms with van der Waals surface area (Å²) in [5, 5.41) is 7.03. The summed E-state index contributed by atoms with van der Waals surface area (Å²) in [5.74, 6) is 0.325. The highest BCUT2D eigenvalue weighted by Crippen LogP contribution is 2.23. The van der Waals surface area contributed by atoms with Crippen LogP contribution in [0.2, 0.25) is 5.02 Å². The molecule has 0 aliphatic carbocycles. The van der Waals surface area contributed by atoms with Crippen molar-refractivity contribution < 1.29 is 9.59 Å². The van der Waals surface area contributed by atoms with E-state index >= 15 is 0 Å². The number of hydrogen-bond donors (Lipinski definition) is 2. The van der Waals surface area contributed by atoms with Crippen LogP contribution in [0, 0.1) is 0 Å². The first kappa shape index (κ1) is 16.4. The van der Waals surface area contributed by atoms with Crippen molar-refractivity contribution in [3.8, 4) is 0 Å². The lowest BCUT2D eigenvalue weighted by Gasteiger charge is -2.23. The monoisotopic (exact) mass is 347 g/mol. The van der Waals surface area contributed by atoms with Gasteiger partial charge in [-0.05, 0) is 31.0 Å². The smallest absolute Gasteiger partial charge is 0.242 e. The molecule has 1 aromatic heterocycles. The Morgan fingerprint density at radius 1 is 1.38 bits per heavy atom. The summed E-state index contributed by atoms with van der Waals surface area (Å²) in [6.07, 6.45) is 2.95. The molecule has 1 atom stereocenters. The number of anilines is 1. The highest BCUT2D eigenvalue weighted by atomic mass is 35.5. The first-order valence-corrected chi connectivity index (χ1v) is 8.13. The molecule has 0 saturated carbocycles. The fourth-order valence-corrected chi connectivity index (χ4v) is 3.10. The van der Waals surface area contributed by atoms with Gasteiger partial charge in [-0.3, -0.25) is 9.59 Å². The van der Waals surface area contributed by atoms with Gasteiger partial charge < -0.3 is 15.5 Å². The highest BCUT2D eigenvalue weighted by Gasteiger charge is 2.33. The highest BCUT2D eigenvalue weighted by molar-refractivity contribution is 6.31. The van der Waals surface area contributed by atoms with E-state index < -0.39 is 0 Å². The average Bonchev–Trinajstić information content (AvgIpc) is 3.08. The molecule has 0 unspecified atom stereocenters. The van der Waals surface area contributed by atoms with E-state index in [2.05, 4.69) is 20.6 Å². The van der Waals surface area contributed by atoms with Gasteiger partial charge in [-0.15, -0.1) is 0 Å². The number of nitrogens with one attached hydrogen (secondary N) is 2. The molecule has 0 spiro atoms. The molecule has 2 aromatic rings. The maximum atomic E-state index is 12.5. The summed E-state index contributed by atoms with van der Waals surface area (Å²) < 4.78 is 0. The van der Waals surface area contributed by atoms with Crippen LogP contribution in [0.3, 0.4) is 0 Å². The molecule has 8 heteroatoms. The van der Waals surface area contributed by atoms with Crippen LogP contribution in [-0.2, 0) is 9.59 Å². The van der Waals surface area contributed by atoms with E-state index in [1.165, 1.54) is 6.33 Å². The molecule has 0 radical (unpaired) electrons. The minimum atomic E-state index is -0.384. The third-order valence-electron chi connectivity index (χ3n) is 4.13. The molecule has 1 aliphatic heterocycles. The zero-order valence-corrected chi connectivity index (χ0v) is 14.0. The number of carbonyl (C=O) groups excluding carboxylic acids is 2. The van der Waals surface area contributed by atoms with Gasteiger partial charge in [-0.1, -0.05) is 11.6 Å². The zero-order valence-electron chi connectivity index (χ0n) is 13.3. The fraction of sp³-hybridized carbons (Fsp3) is 0.375. The second-order valence-electron chi connectivity index (χ2n) is 5.60. The van der Waals surface area contributed by atoms with Gasteiger partial charge in [0.05, 0.1) is 12.1 Å². The van der Waals surface area contributed by atoms with E-state index in [9.17, 15) is 9.59 Å². The Hall–Kier alpha value is -2.41. The molecule has 7 nitrogen and oxygen atoms in total. The normalized spacial score (nSPS) is 17.1. The van der Waals surface area contributed by atoms with Crippen molar-refractivity contribution >= 4 is 40.1 Å². The Morgan fingerprint density at radius 2 is 2.21 bits per heavy atom. The van der Waals surface area contributed by atoms with Crippen molar-refractivity contribution in [1.82, 2.24) is 20.2 Å². The predicted octanol–water partition coefficient (Wildman–Crippen LogP) is 1.43. The minimum absolute atomic E-state index is 0.0717. The van der Waals surface area contributed by atoms with Crippen LogP contribution in [0.25, 0.3) is 10.9 Å². The number of rotatable bonds is 4. The lowest BCUT2D eigenvalue weighted by atomic mass is 10.2. The molecule has 126 valence electrons. The number of benzene rings is 1. The van der Waals surface area contributed by atoms with Crippen LogP contribution in [0.4, 0.5) is 5.82 Å². The van der Waals surface area contributed by atoms with Crippen LogP contribution < -0.4 is 10.6 Å². The average molecular weight is 348 g/mol. The van der Waals surface area contributed by atoms with Crippen molar-refractivity contribution in [2.75, 3.05) is 25.5 Å². The summed E-state index contributed by atoms with van der Waals surface area (Å²) >= 11 is 5.96. The number of fused-ring (bicyclic) bond motifs is 1. The molecule has 0 bridgehead atoms. The molecule has 1 aliphatic rings. The summed E-state index contributed by atoms with van der Waals surface area (Å²) in [4.78, 5) is 34.3. The second-order valence-corrected chi connectivity index (χ2v) is 6.03. The van der Waals surface area contributed by atoms with Gasteiger partial charge in [0, 0.05) is 24.0 Å². The number of nitrogens with zero attached hydrogens (tertiary/aromatic N) is 3. The largest absolute Gasteiger partial charge is 0.360 e. The molecule has 1 fully saturated rings. The van der Waals surface area contributed by atoms with Gasteiger partial charge in [0.2, 0.25) is 11.8 Å². The van der Waals surface area contributed by atoms with E-state index in [1.54, 1.807) is 24.1 Å². The van der Waals surface area contributed by atoms with Gasteiger partial charge in [0.15, 0.2) is 0 Å². The van der Waals surface area contributed by atoms with Gasteiger partial charge in [-0.2, -0.15) is 0 Å². The van der Waals surface area contributed by atoms with Crippen molar-refractivity contribution in [3.05, 3.63) is 29.5 Å². The van der Waals surface area contributed by atoms with E-state index in [4.69, 9.17) is 11.6 Å². The fourth-order valence-electron chi connectivity index (χ4n) is 2.94. The summed E-state index contributed by atoms with van der Waals surface area (Å²) in [6.45, 7) is 0.668. The van der Waals surface area contributed by atoms with Crippen LogP contribution in [-0.4, -0.2) is 52.9 Å². The lowest BCUT2D eigenvalue weighted by molar-refractivity contribution is -0.136. The van der Waals surface area contributed by atoms with Crippen molar-refractivity contribution in [2.45, 2.75) is 18.9 Å². The van der Waals surface area contributed by atoms with Crippen LogP contribution >= 0.6 is 11.6 Å². The summed E-state index contributed by atoms with van der Waals surface area (Å²) in [7, 11) is 1.58. The Bertz CT molecular complexity index is 782. The number of amides is 2. The molecule has 2 N–H and O–H groups in total. The number of halogens is 1. The number of aromatic nitrogens is 2. The van der Waals surface area contributed by atoms with Crippen molar-refractivity contribution in [3.63, 3.8) is 0 Å². The summed E-state index contributed by atoms with van der Waals surface area (Å²) in [5.41, 5.74) is 0.705. The topological polar surface area (TPSA) is 87.2 Å². The maximum Gasteiger partial charge on any atom is 0.242 e. The van der Waals surface area contributed by atoms with Gasteiger partial charge >= 0.3 is 0 Å². The van der Waals surface area contributed by atoms with Gasteiger partial charge in [-0.25, -0.2) is 9.97 Å². The van der Waals surface area contributed by atoms with Crippen LogP contribution in [0.1, 0.15) is 12.8 Å². The third-order valence-corrected chi connectivity index (χ3v) is 4.36. The molecule has 24 heavy (non-hydrogen) atoms. The molecule has 2 heterocycles. The van der Waals surface area contributed by atoms with Crippen molar-refractivity contribution in [2.24, 2.45) is 0 Å². The van der Waals surface area contributed by atoms with E-state index in [1.807, 2.05) is 6.07 Å². The summed E-state index contributed by atoms with van der Waals surface area (Å²) in [6, 6.07) is 4.93. The predicted molar refractivity (Wildman–Crippen MR) is 91.8 cm³/mol. The van der Waals surface area contributed by atoms with E-state index in [0.717, 1.165) is 11.8 Å². The van der Waals surface area contributed by atoms with Crippen LogP contribution in [0.15, 0.2) is 24.5 Å². The first-order valence-electron chi connectivity index (χ1n) is 7.75. The number of likely N-dealkylation sites (tertiary alicyclic amines) is 1. The Balaban J connectivity index is 1.72. The van der Waals surface area contributed by atoms with E-state index in [0.29, 0.717) is 29.3 Å². The standard InChI is InChI=1S/C16H18ClN5O2/c1-18-16(24)13-3-2-6-22(13)14(23)8-19-15-11-5-4-10(17)7-12(11)20-9-21-15/h4-5,7,9,13H,2-3,6,8H2,1H3,(H,18,24)(H,19,20,21)/t13-/m1/s1. The number of hydrogen-bond acceptors (Lipinski definition) is 5. The Labute approximate surface area is 144 Å². The lowest BCUT2D eigenvalue weighted by Crippen LogP contribution is -2.46. The molecule has 1 aromatic carbocycles. The maximum absolute atomic E-state index is 12.5. The van der Waals surface area contributed by atoms with E-state index in [-0.39, 0.29) is 24.4 Å². The number of carbonyl (C=O) groups is 2. The number of likely N-dealkylation sites (N-methyl/N-ethyl adjacent to an activating group) is 1. The molecule has 3 rings (SSSR count). The molecular weight excluding hydrogens is 330 g/mol. The minimum Gasteiger partial charge on any atom is -0.360 e. The second kappa shape index (κ2) is 7.00. The van der Waals surface area contributed by atoms with Gasteiger partial charge in [0.25, 0.3) is 0 Å². The molecule has 2 amide bonds. The Morgan fingerprint density at radius 3 is 3.00 bits per heavy atom. The van der Waals surface area contributed by atoms with Crippen LogP contribution in [0.5, 0.6) is 0 Å².